The first-order chi connectivity index (χ1) is 7.31. The number of fused-ring (bicyclic) bond motifs is 1. The van der Waals surface area contributed by atoms with Gasteiger partial charge in [-0.1, -0.05) is 0 Å². The number of rotatable bonds is 3. The third-order valence-electron chi connectivity index (χ3n) is 1.65. The first-order valence-electron chi connectivity index (χ1n) is 3.97. The van der Waals surface area contributed by atoms with Crippen LogP contribution in [0.5, 0.6) is 0 Å². The number of H-pyrrole nitrogens is 2. The quantitative estimate of drug-likeness (QED) is 0.347. The van der Waals surface area contributed by atoms with Gasteiger partial charge >= 0.3 is 5.69 Å². The summed E-state index contributed by atoms with van der Waals surface area (Å²) in [6.45, 7) is 0. The van der Waals surface area contributed by atoms with E-state index in [1.807, 2.05) is 0 Å². The summed E-state index contributed by atoms with van der Waals surface area (Å²) in [6.07, 6.45) is 3.00. The second kappa shape index (κ2) is 3.70. The molecule has 0 aliphatic rings. The molecule has 0 bridgehead atoms. The molecule has 2 aromatic heterocycles. The summed E-state index contributed by atoms with van der Waals surface area (Å²) < 4.78 is 0. The van der Waals surface area contributed by atoms with Crippen LogP contribution >= 0.6 is 0 Å². The number of hydrogen-bond acceptors (Lipinski definition) is 6. The van der Waals surface area contributed by atoms with Gasteiger partial charge < -0.3 is 0 Å². The average molecular weight is 206 g/mol. The normalized spacial score (nSPS) is 10.9. The van der Waals surface area contributed by atoms with Crippen LogP contribution in [0.15, 0.2) is 16.1 Å². The maximum atomic E-state index is 11.1. The highest BCUT2D eigenvalue weighted by atomic mass is 16.1. The number of aromatic nitrogens is 4. The van der Waals surface area contributed by atoms with Crippen molar-refractivity contribution in [2.45, 2.75) is 0 Å². The predicted octanol–water partition coefficient (Wildman–Crippen LogP) is -0.757. The molecule has 2 aromatic rings. The molecule has 2 heterocycles. The van der Waals surface area contributed by atoms with Gasteiger partial charge in [-0.2, -0.15) is 15.2 Å². The lowest BCUT2D eigenvalue weighted by Gasteiger charge is -1.97. The van der Waals surface area contributed by atoms with Crippen molar-refractivity contribution < 1.29 is 4.79 Å². The molecular weight excluding hydrogens is 200 g/mol. The van der Waals surface area contributed by atoms with Gasteiger partial charge in [-0.3, -0.25) is 20.3 Å². The smallest absolute Gasteiger partial charge is 0.297 e. The molecule has 0 aliphatic carbocycles. The Bertz CT molecular complexity index is 568. The maximum Gasteiger partial charge on any atom is 0.348 e. The fourth-order valence-corrected chi connectivity index (χ4v) is 1.07. The van der Waals surface area contributed by atoms with Gasteiger partial charge in [0.2, 0.25) is 0 Å². The second-order valence-corrected chi connectivity index (χ2v) is 2.58. The molecule has 0 aromatic carbocycles. The van der Waals surface area contributed by atoms with E-state index in [2.05, 4.69) is 30.7 Å². The Morgan fingerprint density at radius 1 is 1.53 bits per heavy atom. The number of anilines is 1. The average Bonchev–Trinajstić information content (AvgIpc) is 2.65. The van der Waals surface area contributed by atoms with Gasteiger partial charge in [0.05, 0.1) is 17.8 Å². The van der Waals surface area contributed by atoms with Crippen LogP contribution in [0.3, 0.4) is 0 Å². The molecule has 0 fully saturated rings. The Balaban J connectivity index is 2.48. The van der Waals surface area contributed by atoms with Crippen LogP contribution in [0.4, 0.5) is 5.82 Å². The fourth-order valence-electron chi connectivity index (χ4n) is 1.07. The van der Waals surface area contributed by atoms with Crippen molar-refractivity contribution in [3.8, 4) is 0 Å². The van der Waals surface area contributed by atoms with Crippen LogP contribution in [0.2, 0.25) is 0 Å². The molecule has 76 valence electrons. The van der Waals surface area contributed by atoms with Crippen LogP contribution in [0, 0.1) is 0 Å². The number of hydrogen-bond donors (Lipinski definition) is 3. The first-order valence-corrected chi connectivity index (χ1v) is 3.97. The summed E-state index contributed by atoms with van der Waals surface area (Å²) in [4.78, 5) is 27.1. The van der Waals surface area contributed by atoms with Crippen molar-refractivity contribution in [2.24, 2.45) is 5.10 Å². The van der Waals surface area contributed by atoms with E-state index in [-0.39, 0.29) is 5.82 Å². The van der Waals surface area contributed by atoms with Gasteiger partial charge in [0.25, 0.3) is 0 Å². The molecule has 15 heavy (non-hydrogen) atoms. The Kier molecular flexibility index (Phi) is 2.23. The Labute approximate surface area is 82.4 Å². The van der Waals surface area contributed by atoms with E-state index in [0.29, 0.717) is 17.3 Å². The molecule has 8 nitrogen and oxygen atoms in total. The SMILES string of the molecule is O=C/C=N\Nc1nc(=O)[nH]c2[nH]ncc12. The molecule has 0 saturated carbocycles. The van der Waals surface area contributed by atoms with Crippen LogP contribution in [0.1, 0.15) is 0 Å². The Morgan fingerprint density at radius 2 is 2.40 bits per heavy atom. The molecule has 0 radical (unpaired) electrons. The standard InChI is InChI=1S/C7H6N6O2/c14-2-1-8-12-5-4-3-9-13-6(4)11-7(15)10-5/h1-3H,(H3,9,10,11,12,13,15)/b8-1-. The van der Waals surface area contributed by atoms with Crippen molar-refractivity contribution in [1.82, 2.24) is 20.2 Å². The number of aldehydes is 1. The Morgan fingerprint density at radius 3 is 3.20 bits per heavy atom. The van der Waals surface area contributed by atoms with Gasteiger partial charge in [-0.05, 0) is 0 Å². The molecule has 0 spiro atoms. The van der Waals surface area contributed by atoms with E-state index >= 15 is 0 Å². The molecule has 0 saturated heterocycles. The number of nitrogens with one attached hydrogen (secondary N) is 3. The number of aromatic amines is 2. The second-order valence-electron chi connectivity index (χ2n) is 2.58. The zero-order valence-electron chi connectivity index (χ0n) is 7.39. The largest absolute Gasteiger partial charge is 0.348 e. The summed E-state index contributed by atoms with van der Waals surface area (Å²) in [7, 11) is 0. The van der Waals surface area contributed by atoms with Gasteiger partial charge in [0.15, 0.2) is 12.1 Å². The van der Waals surface area contributed by atoms with E-state index in [4.69, 9.17) is 0 Å². The summed E-state index contributed by atoms with van der Waals surface area (Å²) in [5, 5.41) is 10.4. The molecule has 0 amide bonds. The predicted molar refractivity (Wildman–Crippen MR) is 52.7 cm³/mol. The summed E-state index contributed by atoms with van der Waals surface area (Å²) >= 11 is 0. The van der Waals surface area contributed by atoms with Gasteiger partial charge in [-0.15, -0.1) is 0 Å². The third-order valence-corrected chi connectivity index (χ3v) is 1.65. The summed E-state index contributed by atoms with van der Waals surface area (Å²) in [5.74, 6) is 0.237. The van der Waals surface area contributed by atoms with Crippen LogP contribution in [0.25, 0.3) is 11.0 Å². The maximum absolute atomic E-state index is 11.1. The molecule has 0 aliphatic heterocycles. The molecule has 0 unspecified atom stereocenters. The van der Waals surface area contributed by atoms with Crippen LogP contribution in [-0.2, 0) is 4.79 Å². The highest BCUT2D eigenvalue weighted by Gasteiger charge is 2.04. The highest BCUT2D eigenvalue weighted by molar-refractivity contribution is 6.13. The number of nitrogens with zero attached hydrogens (tertiary/aromatic N) is 3. The molecule has 0 atom stereocenters. The summed E-state index contributed by atoms with van der Waals surface area (Å²) in [6, 6.07) is 0. The van der Waals surface area contributed by atoms with Gasteiger partial charge in [-0.25, -0.2) is 4.79 Å². The fraction of sp³-hybridized carbons (Fsp3) is 0. The Hall–Kier alpha value is -2.51. The van der Waals surface area contributed by atoms with E-state index < -0.39 is 5.69 Å². The van der Waals surface area contributed by atoms with E-state index in [9.17, 15) is 9.59 Å². The topological polar surface area (TPSA) is 116 Å². The summed E-state index contributed by atoms with van der Waals surface area (Å²) in [5.41, 5.74) is 2.37. The zero-order chi connectivity index (χ0) is 10.7. The number of carbonyl (C=O) groups is 1. The minimum Gasteiger partial charge on any atom is -0.297 e. The van der Waals surface area contributed by atoms with Gasteiger partial charge in [0.1, 0.15) is 5.65 Å². The minimum absolute atomic E-state index is 0.237. The molecular formula is C7H6N6O2. The lowest BCUT2D eigenvalue weighted by molar-refractivity contribution is -0.102. The molecule has 8 heteroatoms. The molecule has 2 rings (SSSR count). The monoisotopic (exact) mass is 206 g/mol. The third kappa shape index (κ3) is 1.73. The first kappa shape index (κ1) is 9.06. The lowest BCUT2D eigenvalue weighted by atomic mass is 10.4. The van der Waals surface area contributed by atoms with E-state index in [0.717, 1.165) is 6.21 Å². The number of hydrazone groups is 1. The zero-order valence-corrected chi connectivity index (χ0v) is 7.39. The van der Waals surface area contributed by atoms with Crippen molar-refractivity contribution in [2.75, 3.05) is 5.43 Å². The van der Waals surface area contributed by atoms with E-state index in [1.54, 1.807) is 0 Å². The lowest BCUT2D eigenvalue weighted by Crippen LogP contribution is -2.12. The highest BCUT2D eigenvalue weighted by Crippen LogP contribution is 2.13. The minimum atomic E-state index is -0.532. The van der Waals surface area contributed by atoms with Crippen LogP contribution < -0.4 is 11.1 Å². The van der Waals surface area contributed by atoms with Crippen molar-refractivity contribution in [1.29, 1.82) is 0 Å². The van der Waals surface area contributed by atoms with Crippen molar-refractivity contribution in [3.63, 3.8) is 0 Å². The van der Waals surface area contributed by atoms with Crippen molar-refractivity contribution in [3.05, 3.63) is 16.7 Å². The molecule has 3 N–H and O–H groups in total. The van der Waals surface area contributed by atoms with Gasteiger partial charge in [0, 0.05) is 0 Å². The van der Waals surface area contributed by atoms with Crippen LogP contribution in [-0.4, -0.2) is 32.7 Å². The van der Waals surface area contributed by atoms with Crippen molar-refractivity contribution >= 4 is 29.4 Å². The number of carbonyl (C=O) groups excluding carboxylic acids is 1. The van der Waals surface area contributed by atoms with E-state index in [1.165, 1.54) is 6.20 Å².